The lowest BCUT2D eigenvalue weighted by Gasteiger charge is -2.69. The molecule has 1 aromatic rings. The van der Waals surface area contributed by atoms with Gasteiger partial charge in [-0.3, -0.25) is 9.59 Å². The molecule has 0 amide bonds. The van der Waals surface area contributed by atoms with Crippen LogP contribution < -0.4 is 9.47 Å². The van der Waals surface area contributed by atoms with Gasteiger partial charge in [-0.05, 0) is 123 Å². The molecule has 1 aliphatic heterocycles. The molecule has 0 saturated heterocycles. The van der Waals surface area contributed by atoms with Crippen molar-refractivity contribution in [1.82, 2.24) is 0 Å². The molecule has 8 rings (SSSR count). The minimum absolute atomic E-state index is 0.0271. The number of benzene rings is 1. The first-order valence-electron chi connectivity index (χ1n) is 18.6. The first-order valence-corrected chi connectivity index (χ1v) is 18.6. The van der Waals surface area contributed by atoms with Gasteiger partial charge in [-0.25, -0.2) is 0 Å². The number of allylic oxidation sites excluding steroid dienone is 3. The third kappa shape index (κ3) is 3.66. The van der Waals surface area contributed by atoms with E-state index in [1.807, 2.05) is 0 Å². The highest BCUT2D eigenvalue weighted by Gasteiger charge is 2.68. The Morgan fingerprint density at radius 1 is 0.979 bits per heavy atom. The van der Waals surface area contributed by atoms with Crippen LogP contribution in [0.3, 0.4) is 0 Å². The highest BCUT2D eigenvalue weighted by molar-refractivity contribution is 6.10. The summed E-state index contributed by atoms with van der Waals surface area (Å²) < 4.78 is 14.8. The second-order valence-electron chi connectivity index (χ2n) is 18.5. The zero-order valence-electron chi connectivity index (χ0n) is 30.5. The van der Waals surface area contributed by atoms with Gasteiger partial charge in [0.05, 0.1) is 0 Å². The SMILES string of the molecule is C=C(C)C1CCC(C)[C@]23CC=C(C)[C@@]2(C1)Oc1cc2c(c(C)c1O3)C(=O)C=C1[C@@]2(C)CC[C@@]2(C)C3C[C@@H](C)C(=O)C[C@]3(C)CC[C@]12C. The van der Waals surface area contributed by atoms with Crippen LogP contribution in [0.25, 0.3) is 0 Å². The molecule has 0 radical (unpaired) electrons. The fraction of sp³-hybridized carbons (Fsp3) is 0.674. The summed E-state index contributed by atoms with van der Waals surface area (Å²) in [4.78, 5) is 27.5. The number of fused-ring (bicyclic) bond motifs is 8. The Morgan fingerprint density at radius 3 is 2.45 bits per heavy atom. The molecule has 0 bridgehead atoms. The van der Waals surface area contributed by atoms with Crippen molar-refractivity contribution in [2.45, 2.75) is 143 Å². The molecule has 252 valence electrons. The van der Waals surface area contributed by atoms with Gasteiger partial charge in [0.15, 0.2) is 28.5 Å². The lowest BCUT2D eigenvalue weighted by Crippen LogP contribution is -2.64. The molecule has 1 heterocycles. The average molecular weight is 637 g/mol. The van der Waals surface area contributed by atoms with E-state index < -0.39 is 11.2 Å². The number of carbonyl (C=O) groups is 2. The van der Waals surface area contributed by atoms with Crippen molar-refractivity contribution < 1.29 is 19.1 Å². The van der Waals surface area contributed by atoms with Gasteiger partial charge in [-0.15, -0.1) is 0 Å². The summed E-state index contributed by atoms with van der Waals surface area (Å²) in [7, 11) is 0. The largest absolute Gasteiger partial charge is 0.478 e. The highest BCUT2D eigenvalue weighted by atomic mass is 16.6. The Kier molecular flexibility index (Phi) is 6.42. The van der Waals surface area contributed by atoms with Crippen LogP contribution >= 0.6 is 0 Å². The molecule has 47 heavy (non-hydrogen) atoms. The van der Waals surface area contributed by atoms with Crippen LogP contribution in [-0.4, -0.2) is 22.8 Å². The Labute approximate surface area is 282 Å². The van der Waals surface area contributed by atoms with Crippen molar-refractivity contribution in [2.75, 3.05) is 0 Å². The molecule has 4 heteroatoms. The number of hydrogen-bond acceptors (Lipinski definition) is 4. The fourth-order valence-electron chi connectivity index (χ4n) is 12.9. The van der Waals surface area contributed by atoms with E-state index in [9.17, 15) is 9.59 Å². The Hall–Kier alpha value is -2.62. The maximum Gasteiger partial charge on any atom is 0.186 e. The van der Waals surface area contributed by atoms with Crippen LogP contribution in [0.15, 0.2) is 41.5 Å². The predicted molar refractivity (Wildman–Crippen MR) is 187 cm³/mol. The van der Waals surface area contributed by atoms with E-state index in [0.717, 1.165) is 86.0 Å². The monoisotopic (exact) mass is 636 g/mol. The van der Waals surface area contributed by atoms with Crippen molar-refractivity contribution in [2.24, 2.45) is 39.9 Å². The number of carbonyl (C=O) groups excluding carboxylic acids is 2. The summed E-state index contributed by atoms with van der Waals surface area (Å²) in [5.74, 6) is 3.41. The Balaban J connectivity index is 1.26. The molecule has 3 unspecified atom stereocenters. The molecule has 7 aliphatic rings. The van der Waals surface area contributed by atoms with E-state index in [4.69, 9.17) is 9.47 Å². The summed E-state index contributed by atoms with van der Waals surface area (Å²) >= 11 is 0. The first kappa shape index (κ1) is 31.6. The topological polar surface area (TPSA) is 52.6 Å². The van der Waals surface area contributed by atoms with E-state index in [2.05, 4.69) is 87.1 Å². The van der Waals surface area contributed by atoms with Gasteiger partial charge in [0.1, 0.15) is 5.78 Å². The highest BCUT2D eigenvalue weighted by Crippen LogP contribution is 2.74. The molecule has 1 aromatic carbocycles. The van der Waals surface area contributed by atoms with E-state index in [0.29, 0.717) is 30.0 Å². The zero-order chi connectivity index (χ0) is 33.7. The first-order chi connectivity index (χ1) is 22.0. The summed E-state index contributed by atoms with van der Waals surface area (Å²) in [6.45, 7) is 25.1. The molecular formula is C43H56O4. The molecule has 0 aromatic heterocycles. The molecular weight excluding hydrogens is 580 g/mol. The quantitative estimate of drug-likeness (QED) is 0.288. The van der Waals surface area contributed by atoms with Crippen LogP contribution in [-0.2, 0) is 10.2 Å². The average Bonchev–Trinajstić information content (AvgIpc) is 3.22. The summed E-state index contributed by atoms with van der Waals surface area (Å²) in [5.41, 5.74) is 5.36. The van der Waals surface area contributed by atoms with Crippen LogP contribution in [0.2, 0.25) is 0 Å². The Morgan fingerprint density at radius 2 is 1.72 bits per heavy atom. The minimum atomic E-state index is -0.543. The van der Waals surface area contributed by atoms with Gasteiger partial charge in [0, 0.05) is 47.6 Å². The standard InChI is InChI=1S/C43H56O4/c1-24(2)29-12-11-26(4)42-14-13-27(5)43(42,22-29)46-33-20-30-36(28(6)37(33)47-42)31(44)21-35-39(30,8)16-18-40(9)34-19-25(3)32(45)23-38(34,7)15-17-41(35,40)10/h13,20-21,25-26,29,34H,1,11-12,14-19,22-23H2,2-10H3/t25-,26?,29?,34?,38+,39+,40+,41-,42-,43-/m1/s1. The lowest BCUT2D eigenvalue weighted by atomic mass is 9.35. The normalized spacial score (nSPS) is 46.4. The van der Waals surface area contributed by atoms with E-state index in [1.54, 1.807) is 0 Å². The van der Waals surface area contributed by atoms with Gasteiger partial charge < -0.3 is 9.47 Å². The smallest absolute Gasteiger partial charge is 0.186 e. The fourth-order valence-corrected chi connectivity index (χ4v) is 12.9. The second kappa shape index (κ2) is 9.54. The van der Waals surface area contributed by atoms with Gasteiger partial charge in [0.25, 0.3) is 0 Å². The molecule has 0 spiro atoms. The molecule has 4 nitrogen and oxygen atoms in total. The molecule has 6 aliphatic carbocycles. The van der Waals surface area contributed by atoms with E-state index >= 15 is 0 Å². The number of ketones is 2. The van der Waals surface area contributed by atoms with Crippen LogP contribution in [0.5, 0.6) is 11.5 Å². The summed E-state index contributed by atoms with van der Waals surface area (Å²) in [6, 6.07) is 2.23. The van der Waals surface area contributed by atoms with Crippen LogP contribution in [0.1, 0.15) is 141 Å². The van der Waals surface area contributed by atoms with Gasteiger partial charge in [0.2, 0.25) is 0 Å². The zero-order valence-corrected chi connectivity index (χ0v) is 30.5. The van der Waals surface area contributed by atoms with Crippen molar-refractivity contribution in [1.29, 1.82) is 0 Å². The summed E-state index contributed by atoms with van der Waals surface area (Å²) in [5, 5.41) is 0. The number of rotatable bonds is 1. The van der Waals surface area contributed by atoms with E-state index in [1.165, 1.54) is 16.7 Å². The molecule has 10 atom stereocenters. The van der Waals surface area contributed by atoms with Crippen molar-refractivity contribution in [3.8, 4) is 11.5 Å². The third-order valence-corrected chi connectivity index (χ3v) is 16.3. The summed E-state index contributed by atoms with van der Waals surface area (Å²) in [6.07, 6.45) is 14.1. The maximum absolute atomic E-state index is 14.5. The minimum Gasteiger partial charge on any atom is -0.478 e. The predicted octanol–water partition coefficient (Wildman–Crippen LogP) is 10.2. The van der Waals surface area contributed by atoms with Crippen molar-refractivity contribution >= 4 is 11.6 Å². The van der Waals surface area contributed by atoms with Gasteiger partial charge in [-0.2, -0.15) is 0 Å². The van der Waals surface area contributed by atoms with Crippen LogP contribution in [0.4, 0.5) is 0 Å². The van der Waals surface area contributed by atoms with E-state index in [-0.39, 0.29) is 33.4 Å². The van der Waals surface area contributed by atoms with Crippen LogP contribution in [0, 0.1) is 46.8 Å². The molecule has 0 N–H and O–H groups in total. The van der Waals surface area contributed by atoms with Gasteiger partial charge in [-0.1, -0.05) is 59.8 Å². The second-order valence-corrected chi connectivity index (χ2v) is 18.5. The van der Waals surface area contributed by atoms with Crippen molar-refractivity contribution in [3.63, 3.8) is 0 Å². The van der Waals surface area contributed by atoms with Crippen molar-refractivity contribution in [3.05, 3.63) is 58.2 Å². The Bertz CT molecular complexity index is 1710. The number of Topliss-reactive ketones (excluding diaryl/α,β-unsaturated/α-hetero) is 1. The molecule has 4 fully saturated rings. The number of ether oxygens (including phenoxy) is 2. The molecule has 4 saturated carbocycles. The van der Waals surface area contributed by atoms with Gasteiger partial charge >= 0.3 is 0 Å². The lowest BCUT2D eigenvalue weighted by molar-refractivity contribution is -0.160. The third-order valence-electron chi connectivity index (χ3n) is 16.3. The maximum atomic E-state index is 14.5. The number of hydrogen-bond donors (Lipinski definition) is 0.